The minimum atomic E-state index is -0.0404. The Bertz CT molecular complexity index is 519. The van der Waals surface area contributed by atoms with Crippen LogP contribution >= 0.6 is 15.9 Å². The molecule has 0 bridgehead atoms. The number of halogens is 1. The minimum Gasteiger partial charge on any atom is -0.358 e. The number of hydrogen-bond donors (Lipinski definition) is 1. The van der Waals surface area contributed by atoms with Crippen molar-refractivity contribution in [1.82, 2.24) is 14.9 Å². The molecule has 0 saturated carbocycles. The topological polar surface area (TPSA) is 46.9 Å². The molecule has 0 saturated heterocycles. The van der Waals surface area contributed by atoms with Gasteiger partial charge in [-0.25, -0.2) is 4.98 Å². The molecule has 1 amide bonds. The van der Waals surface area contributed by atoms with E-state index in [4.69, 9.17) is 0 Å². The summed E-state index contributed by atoms with van der Waals surface area (Å²) in [6.45, 7) is 0.280. The molecule has 0 aliphatic rings. The molecular weight excluding hydrogens is 282 g/mol. The molecule has 1 heterocycles. The average molecular weight is 294 g/mol. The lowest BCUT2D eigenvalue weighted by Crippen LogP contribution is -2.23. The molecule has 0 aliphatic heterocycles. The summed E-state index contributed by atoms with van der Waals surface area (Å²) in [4.78, 5) is 15.6. The fraction of sp³-hybridized carbons (Fsp3) is 0.167. The van der Waals surface area contributed by atoms with Crippen LogP contribution in [0.2, 0.25) is 0 Å². The molecule has 2 rings (SSSR count). The molecule has 5 heteroatoms. The van der Waals surface area contributed by atoms with Gasteiger partial charge in [-0.3, -0.25) is 4.79 Å². The second-order valence-electron chi connectivity index (χ2n) is 3.56. The monoisotopic (exact) mass is 293 g/mol. The van der Waals surface area contributed by atoms with Crippen LogP contribution in [-0.4, -0.2) is 22.5 Å². The van der Waals surface area contributed by atoms with Gasteiger partial charge in [-0.1, -0.05) is 28.1 Å². The van der Waals surface area contributed by atoms with E-state index in [1.807, 2.05) is 28.8 Å². The lowest BCUT2D eigenvalue weighted by atomic mass is 10.2. The Balaban J connectivity index is 2.30. The van der Waals surface area contributed by atoms with Crippen LogP contribution in [0.4, 0.5) is 0 Å². The Labute approximate surface area is 108 Å². The number of nitrogens with one attached hydrogen (secondary N) is 1. The summed E-state index contributed by atoms with van der Waals surface area (Å²) in [7, 11) is 1.62. The number of likely N-dealkylation sites (N-methyl/N-ethyl adjacent to an activating group) is 1. The number of carbonyl (C=O) groups excluding carboxylic acids is 1. The van der Waals surface area contributed by atoms with Crippen LogP contribution in [0.3, 0.4) is 0 Å². The fourth-order valence-corrected chi connectivity index (χ4v) is 1.79. The summed E-state index contributed by atoms with van der Waals surface area (Å²) >= 11 is 3.39. The summed E-state index contributed by atoms with van der Waals surface area (Å²) in [6, 6.07) is 7.84. The maximum atomic E-state index is 11.3. The lowest BCUT2D eigenvalue weighted by Gasteiger charge is -2.06. The van der Waals surface area contributed by atoms with E-state index >= 15 is 0 Å². The Morgan fingerprint density at radius 3 is 2.76 bits per heavy atom. The van der Waals surface area contributed by atoms with Crippen molar-refractivity contribution in [2.75, 3.05) is 7.05 Å². The first kappa shape index (κ1) is 11.9. The predicted octanol–water partition coefficient (Wildman–Crippen LogP) is 2.06. The van der Waals surface area contributed by atoms with Crippen LogP contribution in [0.1, 0.15) is 0 Å². The van der Waals surface area contributed by atoms with Gasteiger partial charge in [0.15, 0.2) is 0 Å². The second-order valence-corrected chi connectivity index (χ2v) is 4.47. The van der Waals surface area contributed by atoms with Crippen molar-refractivity contribution in [2.24, 2.45) is 0 Å². The largest absolute Gasteiger partial charge is 0.358 e. The van der Waals surface area contributed by atoms with E-state index in [-0.39, 0.29) is 12.5 Å². The zero-order chi connectivity index (χ0) is 12.3. The van der Waals surface area contributed by atoms with Gasteiger partial charge in [0.05, 0.1) is 0 Å². The highest BCUT2D eigenvalue weighted by atomic mass is 79.9. The van der Waals surface area contributed by atoms with E-state index in [2.05, 4.69) is 26.2 Å². The van der Waals surface area contributed by atoms with Crippen molar-refractivity contribution in [3.63, 3.8) is 0 Å². The Kier molecular flexibility index (Phi) is 3.58. The van der Waals surface area contributed by atoms with Crippen LogP contribution in [-0.2, 0) is 11.3 Å². The summed E-state index contributed by atoms with van der Waals surface area (Å²) < 4.78 is 2.84. The van der Waals surface area contributed by atoms with E-state index in [0.717, 1.165) is 15.9 Å². The smallest absolute Gasteiger partial charge is 0.239 e. The Morgan fingerprint density at radius 2 is 2.12 bits per heavy atom. The quantitative estimate of drug-likeness (QED) is 0.942. The van der Waals surface area contributed by atoms with E-state index in [0.29, 0.717) is 0 Å². The standard InChI is InChI=1S/C12H12BrN3O/c1-14-11(17)8-16-7-6-15-12(16)9-2-4-10(13)5-3-9/h2-7H,8H2,1H3,(H,14,17). The first-order chi connectivity index (χ1) is 8.20. The third-order valence-electron chi connectivity index (χ3n) is 2.41. The highest BCUT2D eigenvalue weighted by Crippen LogP contribution is 2.20. The third kappa shape index (κ3) is 2.74. The number of nitrogens with zero attached hydrogens (tertiary/aromatic N) is 2. The SMILES string of the molecule is CNC(=O)Cn1ccnc1-c1ccc(Br)cc1. The molecule has 17 heavy (non-hydrogen) atoms. The summed E-state index contributed by atoms with van der Waals surface area (Å²) in [5.41, 5.74) is 0.988. The summed E-state index contributed by atoms with van der Waals surface area (Å²) in [5.74, 6) is 0.752. The molecule has 1 N–H and O–H groups in total. The second kappa shape index (κ2) is 5.14. The summed E-state index contributed by atoms with van der Waals surface area (Å²) in [6.07, 6.45) is 3.49. The predicted molar refractivity (Wildman–Crippen MR) is 69.4 cm³/mol. The van der Waals surface area contributed by atoms with Gasteiger partial charge in [-0.2, -0.15) is 0 Å². The number of hydrogen-bond acceptors (Lipinski definition) is 2. The molecule has 0 aliphatic carbocycles. The number of benzene rings is 1. The van der Waals surface area contributed by atoms with Crippen molar-refractivity contribution in [3.05, 3.63) is 41.1 Å². The highest BCUT2D eigenvalue weighted by Gasteiger charge is 2.08. The van der Waals surface area contributed by atoms with Crippen molar-refractivity contribution in [3.8, 4) is 11.4 Å². The summed E-state index contributed by atoms with van der Waals surface area (Å²) in [5, 5.41) is 2.60. The first-order valence-corrected chi connectivity index (χ1v) is 5.97. The Morgan fingerprint density at radius 1 is 1.41 bits per heavy atom. The van der Waals surface area contributed by atoms with Crippen molar-refractivity contribution >= 4 is 21.8 Å². The van der Waals surface area contributed by atoms with Gasteiger partial charge in [0.2, 0.25) is 5.91 Å². The number of amides is 1. The molecule has 88 valence electrons. The minimum absolute atomic E-state index is 0.0404. The van der Waals surface area contributed by atoms with Crippen LogP contribution in [0.25, 0.3) is 11.4 Å². The van der Waals surface area contributed by atoms with Gasteiger partial charge >= 0.3 is 0 Å². The van der Waals surface area contributed by atoms with Gasteiger partial charge in [-0.15, -0.1) is 0 Å². The van der Waals surface area contributed by atoms with Crippen molar-refractivity contribution in [1.29, 1.82) is 0 Å². The first-order valence-electron chi connectivity index (χ1n) is 5.18. The molecule has 0 fully saturated rings. The van der Waals surface area contributed by atoms with Crippen LogP contribution in [0.15, 0.2) is 41.1 Å². The maximum absolute atomic E-state index is 11.3. The molecule has 2 aromatic rings. The van der Waals surface area contributed by atoms with Gasteiger partial charge in [-0.05, 0) is 12.1 Å². The van der Waals surface area contributed by atoms with Crippen LogP contribution in [0.5, 0.6) is 0 Å². The lowest BCUT2D eigenvalue weighted by molar-refractivity contribution is -0.121. The van der Waals surface area contributed by atoms with Crippen LogP contribution in [0, 0.1) is 0 Å². The molecule has 0 spiro atoms. The molecular formula is C12H12BrN3O. The normalized spacial score (nSPS) is 10.2. The van der Waals surface area contributed by atoms with E-state index in [9.17, 15) is 4.79 Å². The van der Waals surface area contributed by atoms with Gasteiger partial charge in [0, 0.05) is 29.5 Å². The van der Waals surface area contributed by atoms with Crippen molar-refractivity contribution < 1.29 is 4.79 Å². The molecule has 1 aromatic carbocycles. The van der Waals surface area contributed by atoms with Gasteiger partial charge in [0.1, 0.15) is 12.4 Å². The molecule has 0 radical (unpaired) electrons. The zero-order valence-corrected chi connectivity index (χ0v) is 10.9. The number of imidazole rings is 1. The number of carbonyl (C=O) groups is 1. The molecule has 0 unspecified atom stereocenters. The number of aromatic nitrogens is 2. The van der Waals surface area contributed by atoms with Gasteiger partial charge < -0.3 is 9.88 Å². The third-order valence-corrected chi connectivity index (χ3v) is 2.94. The van der Waals surface area contributed by atoms with Gasteiger partial charge in [0.25, 0.3) is 0 Å². The molecule has 1 aromatic heterocycles. The Hall–Kier alpha value is -1.62. The molecule has 0 atom stereocenters. The van der Waals surface area contributed by atoms with E-state index in [1.165, 1.54) is 0 Å². The zero-order valence-electron chi connectivity index (χ0n) is 9.35. The average Bonchev–Trinajstić information content (AvgIpc) is 2.78. The fourth-order valence-electron chi connectivity index (χ4n) is 1.53. The molecule has 4 nitrogen and oxygen atoms in total. The number of rotatable bonds is 3. The maximum Gasteiger partial charge on any atom is 0.239 e. The highest BCUT2D eigenvalue weighted by molar-refractivity contribution is 9.10. The van der Waals surface area contributed by atoms with E-state index < -0.39 is 0 Å². The van der Waals surface area contributed by atoms with Crippen molar-refractivity contribution in [2.45, 2.75) is 6.54 Å². The van der Waals surface area contributed by atoms with E-state index in [1.54, 1.807) is 19.4 Å². The van der Waals surface area contributed by atoms with Crippen LogP contribution < -0.4 is 5.32 Å².